The molecule has 24 heavy (non-hydrogen) atoms. The Bertz CT molecular complexity index is 760. The van der Waals surface area contributed by atoms with Crippen LogP contribution in [0.25, 0.3) is 0 Å². The molecular formula is C19H19NO3S. The largest absolute Gasteiger partial charge is 0.481 e. The van der Waals surface area contributed by atoms with Crippen molar-refractivity contribution in [3.8, 4) is 0 Å². The molecule has 4 nitrogen and oxygen atoms in total. The molecule has 2 aromatic rings. The first-order valence-corrected chi connectivity index (χ1v) is 9.06. The highest BCUT2D eigenvalue weighted by atomic mass is 32.2. The monoisotopic (exact) mass is 341 g/mol. The number of fused-ring (bicyclic) bond motifs is 1. The van der Waals surface area contributed by atoms with Crippen molar-refractivity contribution in [3.05, 3.63) is 65.2 Å². The van der Waals surface area contributed by atoms with E-state index >= 15 is 0 Å². The van der Waals surface area contributed by atoms with E-state index in [0.29, 0.717) is 5.75 Å². The van der Waals surface area contributed by atoms with Crippen LogP contribution in [0.5, 0.6) is 0 Å². The molecule has 124 valence electrons. The zero-order valence-electron chi connectivity index (χ0n) is 13.2. The third-order valence-electron chi connectivity index (χ3n) is 4.14. The first-order chi connectivity index (χ1) is 11.6. The quantitative estimate of drug-likeness (QED) is 0.841. The summed E-state index contributed by atoms with van der Waals surface area (Å²) in [6.07, 6.45) is 1.79. The van der Waals surface area contributed by atoms with Crippen LogP contribution in [0.15, 0.2) is 48.5 Å². The van der Waals surface area contributed by atoms with Crippen molar-refractivity contribution < 1.29 is 14.7 Å². The van der Waals surface area contributed by atoms with Gasteiger partial charge in [-0.3, -0.25) is 9.59 Å². The number of aryl methyl sites for hydroxylation is 1. The molecule has 0 fully saturated rings. The van der Waals surface area contributed by atoms with E-state index in [1.54, 1.807) is 0 Å². The first kappa shape index (κ1) is 16.6. The van der Waals surface area contributed by atoms with E-state index in [-0.39, 0.29) is 17.6 Å². The van der Waals surface area contributed by atoms with Gasteiger partial charge in [0.15, 0.2) is 0 Å². The lowest BCUT2D eigenvalue weighted by Crippen LogP contribution is -2.19. The number of carboxylic acids is 1. The summed E-state index contributed by atoms with van der Waals surface area (Å²) in [7, 11) is 0. The molecule has 1 aliphatic rings. The molecule has 0 saturated heterocycles. The molecule has 1 aliphatic carbocycles. The average molecular weight is 341 g/mol. The Hall–Kier alpha value is -2.27. The smallest absolute Gasteiger partial charge is 0.313 e. The van der Waals surface area contributed by atoms with Crippen LogP contribution < -0.4 is 5.32 Å². The first-order valence-electron chi connectivity index (χ1n) is 7.90. The van der Waals surface area contributed by atoms with E-state index in [1.807, 2.05) is 42.5 Å². The standard InChI is InChI=1S/C19H19NO3S/c21-18(22)12-24-11-13-4-3-6-15(10-13)20-19(23)17-9-8-14-5-1-2-7-16(14)17/h1-7,10,17H,8-9,11-12H2,(H,20,23)(H,21,22). The van der Waals surface area contributed by atoms with Gasteiger partial charge in [0.05, 0.1) is 11.7 Å². The maximum absolute atomic E-state index is 12.6. The summed E-state index contributed by atoms with van der Waals surface area (Å²) in [5, 5.41) is 11.7. The Morgan fingerprint density at radius 2 is 2.00 bits per heavy atom. The SMILES string of the molecule is O=C(O)CSCc1cccc(NC(=O)C2CCc3ccccc32)c1. The van der Waals surface area contributed by atoms with Gasteiger partial charge < -0.3 is 10.4 Å². The number of anilines is 1. The fourth-order valence-electron chi connectivity index (χ4n) is 3.05. The predicted octanol–water partition coefficient (Wildman–Crippen LogP) is 3.67. The van der Waals surface area contributed by atoms with Crippen LogP contribution in [0.2, 0.25) is 0 Å². The summed E-state index contributed by atoms with van der Waals surface area (Å²) in [5.41, 5.74) is 4.16. The summed E-state index contributed by atoms with van der Waals surface area (Å²) in [4.78, 5) is 23.2. The minimum Gasteiger partial charge on any atom is -0.481 e. The zero-order chi connectivity index (χ0) is 16.9. The number of hydrogen-bond acceptors (Lipinski definition) is 3. The van der Waals surface area contributed by atoms with Crippen LogP contribution in [0.1, 0.15) is 29.0 Å². The van der Waals surface area contributed by atoms with Crippen molar-refractivity contribution in [2.75, 3.05) is 11.1 Å². The van der Waals surface area contributed by atoms with Crippen molar-refractivity contribution in [2.24, 2.45) is 0 Å². The van der Waals surface area contributed by atoms with Gasteiger partial charge in [0, 0.05) is 11.4 Å². The van der Waals surface area contributed by atoms with Crippen LogP contribution >= 0.6 is 11.8 Å². The van der Waals surface area contributed by atoms with E-state index < -0.39 is 5.97 Å². The highest BCUT2D eigenvalue weighted by molar-refractivity contribution is 7.99. The number of benzene rings is 2. The fourth-order valence-corrected chi connectivity index (χ4v) is 3.75. The fraction of sp³-hybridized carbons (Fsp3) is 0.263. The maximum atomic E-state index is 12.6. The van der Waals surface area contributed by atoms with E-state index in [2.05, 4.69) is 11.4 Å². The summed E-state index contributed by atoms with van der Waals surface area (Å²) in [6.45, 7) is 0. The van der Waals surface area contributed by atoms with Crippen molar-refractivity contribution in [1.29, 1.82) is 0 Å². The highest BCUT2D eigenvalue weighted by Gasteiger charge is 2.28. The van der Waals surface area contributed by atoms with E-state index in [1.165, 1.54) is 17.3 Å². The van der Waals surface area contributed by atoms with Crippen LogP contribution in [-0.2, 0) is 21.8 Å². The Labute approximate surface area is 145 Å². The summed E-state index contributed by atoms with van der Waals surface area (Å²) in [6, 6.07) is 15.7. The Morgan fingerprint density at radius 3 is 2.83 bits per heavy atom. The number of carbonyl (C=O) groups excluding carboxylic acids is 1. The van der Waals surface area contributed by atoms with E-state index in [9.17, 15) is 9.59 Å². The lowest BCUT2D eigenvalue weighted by Gasteiger charge is -2.13. The van der Waals surface area contributed by atoms with Gasteiger partial charge in [-0.05, 0) is 41.7 Å². The second-order valence-corrected chi connectivity index (χ2v) is 6.85. The van der Waals surface area contributed by atoms with E-state index in [4.69, 9.17) is 5.11 Å². The van der Waals surface area contributed by atoms with Crippen molar-refractivity contribution in [1.82, 2.24) is 0 Å². The number of nitrogens with one attached hydrogen (secondary N) is 1. The molecule has 0 saturated carbocycles. The average Bonchev–Trinajstić information content (AvgIpc) is 2.99. The Kier molecular flexibility index (Phi) is 5.20. The number of amides is 1. The number of rotatable bonds is 6. The third-order valence-corrected chi connectivity index (χ3v) is 5.13. The number of hydrogen-bond donors (Lipinski definition) is 2. The summed E-state index contributed by atoms with van der Waals surface area (Å²) < 4.78 is 0. The minimum atomic E-state index is -0.815. The van der Waals surface area contributed by atoms with Crippen LogP contribution in [0, 0.1) is 0 Å². The molecule has 0 aliphatic heterocycles. The zero-order valence-corrected chi connectivity index (χ0v) is 14.0. The lowest BCUT2D eigenvalue weighted by atomic mass is 10.0. The van der Waals surface area contributed by atoms with Gasteiger partial charge in [-0.15, -0.1) is 11.8 Å². The van der Waals surface area contributed by atoms with Gasteiger partial charge >= 0.3 is 5.97 Å². The molecule has 0 heterocycles. The molecule has 1 atom stereocenters. The number of carbonyl (C=O) groups is 2. The van der Waals surface area contributed by atoms with Crippen LogP contribution in [0.3, 0.4) is 0 Å². The summed E-state index contributed by atoms with van der Waals surface area (Å²) >= 11 is 1.35. The molecule has 1 amide bonds. The predicted molar refractivity (Wildman–Crippen MR) is 96.4 cm³/mol. The maximum Gasteiger partial charge on any atom is 0.313 e. The molecule has 2 N–H and O–H groups in total. The minimum absolute atomic E-state index is 0.0234. The van der Waals surface area contributed by atoms with Gasteiger partial charge in [0.2, 0.25) is 5.91 Å². The molecule has 0 spiro atoms. The molecule has 1 unspecified atom stereocenters. The normalized spacial score (nSPS) is 15.8. The lowest BCUT2D eigenvalue weighted by molar-refractivity contribution is -0.133. The molecule has 2 aromatic carbocycles. The molecular weight excluding hydrogens is 322 g/mol. The van der Waals surface area contributed by atoms with Gasteiger partial charge in [-0.1, -0.05) is 36.4 Å². The Balaban J connectivity index is 1.64. The number of thioether (sulfide) groups is 1. The van der Waals surface area contributed by atoms with Crippen LogP contribution in [0.4, 0.5) is 5.69 Å². The molecule has 0 aromatic heterocycles. The van der Waals surface area contributed by atoms with Crippen molar-refractivity contribution in [3.63, 3.8) is 0 Å². The van der Waals surface area contributed by atoms with Gasteiger partial charge in [0.25, 0.3) is 0 Å². The molecule has 3 rings (SSSR count). The molecule has 5 heteroatoms. The highest BCUT2D eigenvalue weighted by Crippen LogP contribution is 2.33. The number of aliphatic carboxylic acids is 1. The third kappa shape index (κ3) is 3.97. The second-order valence-electron chi connectivity index (χ2n) is 5.87. The van der Waals surface area contributed by atoms with Gasteiger partial charge in [-0.25, -0.2) is 0 Å². The topological polar surface area (TPSA) is 66.4 Å². The van der Waals surface area contributed by atoms with Crippen molar-refractivity contribution in [2.45, 2.75) is 24.5 Å². The molecule has 0 bridgehead atoms. The van der Waals surface area contributed by atoms with Crippen molar-refractivity contribution >= 4 is 29.3 Å². The van der Waals surface area contributed by atoms with Crippen LogP contribution in [-0.4, -0.2) is 22.7 Å². The second kappa shape index (κ2) is 7.53. The molecule has 0 radical (unpaired) electrons. The summed E-state index contributed by atoms with van der Waals surface area (Å²) in [5.74, 6) is -0.191. The van der Waals surface area contributed by atoms with E-state index in [0.717, 1.165) is 29.7 Å². The Morgan fingerprint density at radius 1 is 1.17 bits per heavy atom. The van der Waals surface area contributed by atoms with Gasteiger partial charge in [0.1, 0.15) is 0 Å². The number of carboxylic acid groups (broad SMARTS) is 1. The van der Waals surface area contributed by atoms with Gasteiger partial charge in [-0.2, -0.15) is 0 Å².